The molecule has 0 saturated carbocycles. The minimum Gasteiger partial charge on any atom is -0.464 e. The predicted octanol–water partition coefficient (Wildman–Crippen LogP) is 6.58. The number of methoxy groups -OCH3 is 1. The molecule has 9 nitrogen and oxygen atoms in total. The number of aromatic nitrogens is 3. The third-order valence-corrected chi connectivity index (χ3v) is 6.52. The van der Waals surface area contributed by atoms with Crippen molar-refractivity contribution in [3.05, 3.63) is 103 Å². The zero-order chi connectivity index (χ0) is 27.2. The van der Waals surface area contributed by atoms with Crippen molar-refractivity contribution in [2.45, 2.75) is 0 Å². The van der Waals surface area contributed by atoms with Crippen LogP contribution in [-0.2, 0) is 4.74 Å². The number of nitrogens with one attached hydrogen (secondary N) is 3. The summed E-state index contributed by atoms with van der Waals surface area (Å²) in [4.78, 5) is 29.7. The lowest BCUT2D eigenvalue weighted by Crippen LogP contribution is -2.21. The first kappa shape index (κ1) is 25.5. The first-order valence-corrected chi connectivity index (χ1v) is 12.5. The standard InChI is InChI=1S/C28H21FN6O3S/c1-38-26(36)24-25(18-11-5-6-12-19(18)29)39-28(33-24)31-22-14-8-7-13-21(22)30-27(37)32-23-16-15-20(34-35-23)17-9-3-2-4-10-17/h2-16H,1H3,(H,31,33)(H2,30,32,35,37). The number of hydrogen-bond acceptors (Lipinski definition) is 8. The summed E-state index contributed by atoms with van der Waals surface area (Å²) in [6, 6.07) is 25.5. The molecule has 0 fully saturated rings. The maximum atomic E-state index is 14.5. The van der Waals surface area contributed by atoms with Crippen LogP contribution in [0.3, 0.4) is 0 Å². The van der Waals surface area contributed by atoms with Crippen LogP contribution in [0, 0.1) is 5.82 Å². The third kappa shape index (κ3) is 5.89. The molecule has 0 aliphatic rings. The van der Waals surface area contributed by atoms with Crippen LogP contribution in [0.25, 0.3) is 21.7 Å². The Morgan fingerprint density at radius 3 is 2.26 bits per heavy atom. The lowest BCUT2D eigenvalue weighted by atomic mass is 10.1. The molecule has 0 aliphatic heterocycles. The van der Waals surface area contributed by atoms with Crippen molar-refractivity contribution in [3.8, 4) is 21.7 Å². The van der Waals surface area contributed by atoms with E-state index >= 15 is 0 Å². The Morgan fingerprint density at radius 2 is 1.54 bits per heavy atom. The summed E-state index contributed by atoms with van der Waals surface area (Å²) in [5, 5.41) is 17.1. The fraction of sp³-hybridized carbons (Fsp3) is 0.0357. The fourth-order valence-corrected chi connectivity index (χ4v) is 4.68. The van der Waals surface area contributed by atoms with Crippen LogP contribution in [-0.4, -0.2) is 34.3 Å². The Balaban J connectivity index is 1.33. The van der Waals surface area contributed by atoms with Gasteiger partial charge in [0, 0.05) is 11.1 Å². The topological polar surface area (TPSA) is 118 Å². The first-order chi connectivity index (χ1) is 19.0. The number of urea groups is 1. The number of anilines is 4. The monoisotopic (exact) mass is 540 g/mol. The molecule has 0 radical (unpaired) electrons. The van der Waals surface area contributed by atoms with Gasteiger partial charge in [0.2, 0.25) is 0 Å². The molecule has 2 aromatic heterocycles. The number of ether oxygens (including phenoxy) is 1. The van der Waals surface area contributed by atoms with E-state index in [4.69, 9.17) is 4.74 Å². The molecule has 3 aromatic carbocycles. The molecule has 5 aromatic rings. The van der Waals surface area contributed by atoms with Gasteiger partial charge in [-0.25, -0.2) is 19.0 Å². The number of amides is 2. The summed E-state index contributed by atoms with van der Waals surface area (Å²) in [6.45, 7) is 0. The van der Waals surface area contributed by atoms with E-state index in [2.05, 4.69) is 31.1 Å². The lowest BCUT2D eigenvalue weighted by molar-refractivity contribution is 0.0596. The minimum atomic E-state index is -0.692. The summed E-state index contributed by atoms with van der Waals surface area (Å²) < 4.78 is 19.3. The number of carbonyl (C=O) groups is 2. The van der Waals surface area contributed by atoms with Gasteiger partial charge in [0.1, 0.15) is 5.82 Å². The smallest absolute Gasteiger partial charge is 0.358 e. The van der Waals surface area contributed by atoms with Gasteiger partial charge >= 0.3 is 12.0 Å². The van der Waals surface area contributed by atoms with Crippen LogP contribution in [0.15, 0.2) is 91.0 Å². The summed E-state index contributed by atoms with van der Waals surface area (Å²) in [5.74, 6) is -0.908. The first-order valence-electron chi connectivity index (χ1n) is 11.7. The Labute approximate surface area is 226 Å². The van der Waals surface area contributed by atoms with Crippen LogP contribution in [0.1, 0.15) is 10.5 Å². The third-order valence-electron chi connectivity index (χ3n) is 5.52. The number of thiazole rings is 1. The summed E-state index contributed by atoms with van der Waals surface area (Å²) in [7, 11) is 1.23. The van der Waals surface area contributed by atoms with E-state index in [9.17, 15) is 14.0 Å². The van der Waals surface area contributed by atoms with Crippen molar-refractivity contribution in [2.24, 2.45) is 0 Å². The molecule has 194 valence electrons. The number of benzene rings is 3. The molecule has 0 aliphatic carbocycles. The molecular weight excluding hydrogens is 519 g/mol. The Bertz CT molecular complexity index is 1630. The molecule has 0 bridgehead atoms. The summed E-state index contributed by atoms with van der Waals surface area (Å²) in [5.41, 5.74) is 2.75. The average molecular weight is 541 g/mol. The number of rotatable bonds is 7. The minimum absolute atomic E-state index is 0.0178. The van der Waals surface area contributed by atoms with Crippen molar-refractivity contribution in [1.82, 2.24) is 15.2 Å². The SMILES string of the molecule is COC(=O)c1nc(Nc2ccccc2NC(=O)Nc2ccc(-c3ccccc3)nn2)sc1-c1ccccc1F. The van der Waals surface area contributed by atoms with Gasteiger partial charge in [-0.3, -0.25) is 5.32 Å². The quantitative estimate of drug-likeness (QED) is 0.200. The zero-order valence-corrected chi connectivity index (χ0v) is 21.3. The molecular formula is C28H21FN6O3S. The number of para-hydroxylation sites is 2. The Kier molecular flexibility index (Phi) is 7.51. The predicted molar refractivity (Wildman–Crippen MR) is 149 cm³/mol. The average Bonchev–Trinajstić information content (AvgIpc) is 3.38. The molecule has 0 spiro atoms. The van der Waals surface area contributed by atoms with Gasteiger partial charge in [0.05, 0.1) is 29.1 Å². The lowest BCUT2D eigenvalue weighted by Gasteiger charge is -2.12. The van der Waals surface area contributed by atoms with Crippen LogP contribution in [0.4, 0.5) is 31.5 Å². The van der Waals surface area contributed by atoms with E-state index in [1.54, 1.807) is 54.6 Å². The maximum Gasteiger partial charge on any atom is 0.358 e. The fourth-order valence-electron chi connectivity index (χ4n) is 3.68. The molecule has 5 rings (SSSR count). The van der Waals surface area contributed by atoms with Gasteiger partial charge in [0.15, 0.2) is 16.6 Å². The van der Waals surface area contributed by atoms with Crippen molar-refractivity contribution < 1.29 is 18.7 Å². The number of hydrogen-bond donors (Lipinski definition) is 3. The largest absolute Gasteiger partial charge is 0.464 e. The second kappa shape index (κ2) is 11.5. The van der Waals surface area contributed by atoms with Crippen molar-refractivity contribution in [1.29, 1.82) is 0 Å². The van der Waals surface area contributed by atoms with Gasteiger partial charge in [-0.1, -0.05) is 72.0 Å². The van der Waals surface area contributed by atoms with Gasteiger partial charge in [-0.15, -0.1) is 10.2 Å². The van der Waals surface area contributed by atoms with E-state index in [0.29, 0.717) is 27.1 Å². The van der Waals surface area contributed by atoms with Crippen LogP contribution in [0.2, 0.25) is 0 Å². The highest BCUT2D eigenvalue weighted by Gasteiger charge is 2.23. The van der Waals surface area contributed by atoms with Gasteiger partial charge < -0.3 is 15.4 Å². The molecule has 39 heavy (non-hydrogen) atoms. The van der Waals surface area contributed by atoms with Crippen LogP contribution < -0.4 is 16.0 Å². The second-order valence-corrected chi connectivity index (χ2v) is 9.09. The van der Waals surface area contributed by atoms with Crippen molar-refractivity contribution in [2.75, 3.05) is 23.1 Å². The molecule has 0 atom stereocenters. The van der Waals surface area contributed by atoms with Crippen molar-refractivity contribution >= 4 is 45.7 Å². The zero-order valence-electron chi connectivity index (χ0n) is 20.5. The van der Waals surface area contributed by atoms with E-state index in [1.807, 2.05) is 30.3 Å². The van der Waals surface area contributed by atoms with E-state index in [-0.39, 0.29) is 17.1 Å². The van der Waals surface area contributed by atoms with Crippen LogP contribution >= 0.6 is 11.3 Å². The van der Waals surface area contributed by atoms with Gasteiger partial charge in [0.25, 0.3) is 0 Å². The summed E-state index contributed by atoms with van der Waals surface area (Å²) >= 11 is 1.09. The van der Waals surface area contributed by atoms with Crippen LogP contribution in [0.5, 0.6) is 0 Å². The Morgan fingerprint density at radius 1 is 0.821 bits per heavy atom. The molecule has 11 heteroatoms. The highest BCUT2D eigenvalue weighted by molar-refractivity contribution is 7.19. The maximum absolute atomic E-state index is 14.5. The number of esters is 1. The van der Waals surface area contributed by atoms with Gasteiger partial charge in [-0.05, 0) is 30.3 Å². The normalized spacial score (nSPS) is 10.5. The molecule has 0 saturated heterocycles. The molecule has 0 unspecified atom stereocenters. The highest BCUT2D eigenvalue weighted by Crippen LogP contribution is 2.37. The molecule has 3 N–H and O–H groups in total. The highest BCUT2D eigenvalue weighted by atomic mass is 32.1. The Hall–Kier alpha value is -5.16. The van der Waals surface area contributed by atoms with Crippen molar-refractivity contribution in [3.63, 3.8) is 0 Å². The molecule has 2 amide bonds. The van der Waals surface area contributed by atoms with Gasteiger partial charge in [-0.2, -0.15) is 0 Å². The second-order valence-electron chi connectivity index (χ2n) is 8.09. The van der Waals surface area contributed by atoms with E-state index in [0.717, 1.165) is 16.9 Å². The van der Waals surface area contributed by atoms with E-state index < -0.39 is 17.8 Å². The van der Waals surface area contributed by atoms with E-state index in [1.165, 1.54) is 13.2 Å². The number of carbonyl (C=O) groups excluding carboxylic acids is 2. The molecule has 2 heterocycles. The number of halogens is 1. The summed E-state index contributed by atoms with van der Waals surface area (Å²) in [6.07, 6.45) is 0. The number of nitrogens with zero attached hydrogens (tertiary/aromatic N) is 3.